The summed E-state index contributed by atoms with van der Waals surface area (Å²) in [7, 11) is 0. The average molecular weight is 234 g/mol. The second-order valence-corrected chi connectivity index (χ2v) is 4.32. The van der Waals surface area contributed by atoms with Crippen LogP contribution in [0.3, 0.4) is 0 Å². The lowest BCUT2D eigenvalue weighted by Crippen LogP contribution is -2.42. The summed E-state index contributed by atoms with van der Waals surface area (Å²) >= 11 is 0. The number of pyridine rings is 1. The predicted molar refractivity (Wildman–Crippen MR) is 67.3 cm³/mol. The van der Waals surface area contributed by atoms with Gasteiger partial charge >= 0.3 is 0 Å². The molecule has 17 heavy (non-hydrogen) atoms. The number of aliphatic hydroxyl groups is 1. The monoisotopic (exact) mass is 234 g/mol. The first-order valence-corrected chi connectivity index (χ1v) is 5.90. The van der Waals surface area contributed by atoms with Crippen molar-refractivity contribution in [1.29, 1.82) is 5.41 Å². The van der Waals surface area contributed by atoms with Crippen LogP contribution in [0.15, 0.2) is 18.3 Å². The van der Waals surface area contributed by atoms with Gasteiger partial charge in [0.25, 0.3) is 0 Å². The van der Waals surface area contributed by atoms with Gasteiger partial charge in [-0.15, -0.1) is 0 Å². The van der Waals surface area contributed by atoms with Crippen molar-refractivity contribution in [3.63, 3.8) is 0 Å². The second kappa shape index (κ2) is 5.14. The highest BCUT2D eigenvalue weighted by Gasteiger charge is 2.24. The Labute approximate surface area is 101 Å². The molecular formula is C12H18N4O. The minimum absolute atomic E-state index is 0.0195. The highest BCUT2D eigenvalue weighted by atomic mass is 16.3. The number of hydrogen-bond donors (Lipinski definition) is 3. The van der Waals surface area contributed by atoms with E-state index in [9.17, 15) is 0 Å². The number of hydrogen-bond acceptors (Lipinski definition) is 4. The van der Waals surface area contributed by atoms with E-state index in [1.54, 1.807) is 12.3 Å². The van der Waals surface area contributed by atoms with E-state index in [4.69, 9.17) is 16.2 Å². The first-order valence-electron chi connectivity index (χ1n) is 5.90. The molecule has 92 valence electrons. The quantitative estimate of drug-likeness (QED) is 0.517. The van der Waals surface area contributed by atoms with Gasteiger partial charge in [-0.25, -0.2) is 0 Å². The molecule has 0 amide bonds. The van der Waals surface area contributed by atoms with Gasteiger partial charge in [0, 0.05) is 12.6 Å². The summed E-state index contributed by atoms with van der Waals surface area (Å²) in [5, 5.41) is 16.4. The number of amidine groups is 1. The molecule has 1 aliphatic rings. The molecule has 0 saturated heterocycles. The van der Waals surface area contributed by atoms with Gasteiger partial charge in [0.2, 0.25) is 0 Å². The number of anilines is 1. The highest BCUT2D eigenvalue weighted by Crippen LogP contribution is 2.28. The molecule has 0 aliphatic heterocycles. The van der Waals surface area contributed by atoms with Crippen molar-refractivity contribution in [2.75, 3.05) is 18.1 Å². The number of aliphatic hydroxyl groups excluding tert-OH is 1. The zero-order chi connectivity index (χ0) is 12.3. The summed E-state index contributed by atoms with van der Waals surface area (Å²) in [5.41, 5.74) is 6.85. The van der Waals surface area contributed by atoms with Crippen molar-refractivity contribution in [3.05, 3.63) is 24.0 Å². The van der Waals surface area contributed by atoms with Crippen LogP contribution in [-0.2, 0) is 0 Å². The Morgan fingerprint density at radius 1 is 1.53 bits per heavy atom. The van der Waals surface area contributed by atoms with Crippen LogP contribution in [0.2, 0.25) is 0 Å². The number of rotatable bonds is 5. The van der Waals surface area contributed by atoms with E-state index >= 15 is 0 Å². The van der Waals surface area contributed by atoms with E-state index in [1.807, 2.05) is 6.07 Å². The Bertz CT molecular complexity index is 386. The lowest BCUT2D eigenvalue weighted by molar-refractivity contribution is 0.283. The smallest absolute Gasteiger partial charge is 0.141 e. The third-order valence-corrected chi connectivity index (χ3v) is 3.21. The molecule has 1 aliphatic carbocycles. The normalized spacial score (nSPS) is 15.4. The van der Waals surface area contributed by atoms with E-state index in [0.717, 1.165) is 5.69 Å². The Balaban J connectivity index is 2.14. The molecule has 0 radical (unpaired) electrons. The maximum absolute atomic E-state index is 9.09. The number of nitrogen functional groups attached to an aromatic ring is 1. The molecule has 0 bridgehead atoms. The Kier molecular flexibility index (Phi) is 3.58. The molecule has 1 aromatic rings. The molecule has 2 rings (SSSR count). The van der Waals surface area contributed by atoms with Crippen LogP contribution < -0.4 is 10.6 Å². The molecule has 1 heterocycles. The summed E-state index contributed by atoms with van der Waals surface area (Å²) in [4.78, 5) is 6.33. The molecule has 1 aromatic heterocycles. The molecule has 0 unspecified atom stereocenters. The van der Waals surface area contributed by atoms with E-state index in [2.05, 4.69) is 9.88 Å². The van der Waals surface area contributed by atoms with E-state index < -0.39 is 0 Å². The number of nitrogens with one attached hydrogen (secondary N) is 1. The molecule has 0 spiro atoms. The molecule has 5 heteroatoms. The van der Waals surface area contributed by atoms with Gasteiger partial charge in [0.1, 0.15) is 11.5 Å². The Hall–Kier alpha value is -1.62. The lowest BCUT2D eigenvalue weighted by Gasteiger charge is -2.38. The summed E-state index contributed by atoms with van der Waals surface area (Å²) < 4.78 is 0. The maximum Gasteiger partial charge on any atom is 0.141 e. The number of nitrogens with zero attached hydrogens (tertiary/aromatic N) is 2. The molecule has 1 saturated carbocycles. The summed E-state index contributed by atoms with van der Waals surface area (Å²) in [5.74, 6) is -0.0195. The van der Waals surface area contributed by atoms with Gasteiger partial charge in [-0.1, -0.05) is 0 Å². The zero-order valence-corrected chi connectivity index (χ0v) is 9.76. The van der Waals surface area contributed by atoms with Gasteiger partial charge in [0.05, 0.1) is 18.5 Å². The first kappa shape index (κ1) is 11.9. The number of aromatic nitrogens is 1. The zero-order valence-electron chi connectivity index (χ0n) is 9.76. The highest BCUT2D eigenvalue weighted by molar-refractivity contribution is 5.93. The van der Waals surface area contributed by atoms with Gasteiger partial charge in [-0.3, -0.25) is 10.4 Å². The summed E-state index contributed by atoms with van der Waals surface area (Å²) in [6, 6.07) is 4.19. The van der Waals surface area contributed by atoms with Crippen molar-refractivity contribution >= 4 is 11.5 Å². The Morgan fingerprint density at radius 3 is 2.71 bits per heavy atom. The van der Waals surface area contributed by atoms with Gasteiger partial charge < -0.3 is 15.7 Å². The maximum atomic E-state index is 9.09. The van der Waals surface area contributed by atoms with Crippen molar-refractivity contribution in [1.82, 2.24) is 4.98 Å². The SMILES string of the molecule is N=C(N)c1ccc(N(CCO)C2CCC2)cn1. The fourth-order valence-corrected chi connectivity index (χ4v) is 2.04. The predicted octanol–water partition coefficient (Wildman–Crippen LogP) is 0.717. The molecule has 0 aromatic carbocycles. The van der Waals surface area contributed by atoms with Crippen LogP contribution >= 0.6 is 0 Å². The van der Waals surface area contributed by atoms with Crippen molar-refractivity contribution in [3.8, 4) is 0 Å². The van der Waals surface area contributed by atoms with Gasteiger partial charge in [-0.05, 0) is 31.4 Å². The van der Waals surface area contributed by atoms with Gasteiger partial charge in [0.15, 0.2) is 0 Å². The van der Waals surface area contributed by atoms with Crippen LogP contribution in [-0.4, -0.2) is 35.1 Å². The van der Waals surface area contributed by atoms with Crippen molar-refractivity contribution in [2.45, 2.75) is 25.3 Å². The fourth-order valence-electron chi connectivity index (χ4n) is 2.04. The van der Waals surface area contributed by atoms with E-state index in [-0.39, 0.29) is 12.4 Å². The standard InChI is InChI=1S/C12H18N4O/c13-12(14)11-5-4-10(8-15-11)16(6-7-17)9-2-1-3-9/h4-5,8-9,17H,1-3,6-7H2,(H3,13,14). The van der Waals surface area contributed by atoms with Crippen LogP contribution in [0, 0.1) is 5.41 Å². The van der Waals surface area contributed by atoms with Crippen LogP contribution in [0.4, 0.5) is 5.69 Å². The largest absolute Gasteiger partial charge is 0.395 e. The third-order valence-electron chi connectivity index (χ3n) is 3.21. The third kappa shape index (κ3) is 2.55. The minimum Gasteiger partial charge on any atom is -0.395 e. The molecule has 5 nitrogen and oxygen atoms in total. The minimum atomic E-state index is -0.0195. The lowest BCUT2D eigenvalue weighted by atomic mass is 9.91. The van der Waals surface area contributed by atoms with Crippen LogP contribution in [0.25, 0.3) is 0 Å². The van der Waals surface area contributed by atoms with E-state index in [1.165, 1.54) is 19.3 Å². The van der Waals surface area contributed by atoms with Gasteiger partial charge in [-0.2, -0.15) is 0 Å². The summed E-state index contributed by atoms with van der Waals surface area (Å²) in [6.07, 6.45) is 5.33. The van der Waals surface area contributed by atoms with Crippen LogP contribution in [0.5, 0.6) is 0 Å². The second-order valence-electron chi connectivity index (χ2n) is 4.32. The van der Waals surface area contributed by atoms with Crippen molar-refractivity contribution in [2.24, 2.45) is 5.73 Å². The molecule has 4 N–H and O–H groups in total. The summed E-state index contributed by atoms with van der Waals surface area (Å²) in [6.45, 7) is 0.775. The average Bonchev–Trinajstić information content (AvgIpc) is 2.26. The van der Waals surface area contributed by atoms with Crippen LogP contribution in [0.1, 0.15) is 25.0 Å². The van der Waals surface area contributed by atoms with E-state index in [0.29, 0.717) is 18.3 Å². The molecule has 0 atom stereocenters. The molecule has 1 fully saturated rings. The fraction of sp³-hybridized carbons (Fsp3) is 0.500. The number of nitrogens with two attached hydrogens (primary N) is 1. The molecular weight excluding hydrogens is 216 g/mol. The van der Waals surface area contributed by atoms with Crippen molar-refractivity contribution < 1.29 is 5.11 Å². The first-order chi connectivity index (χ1) is 8.22. The topological polar surface area (TPSA) is 86.2 Å². The Morgan fingerprint density at radius 2 is 2.29 bits per heavy atom.